The van der Waals surface area contributed by atoms with Crippen LogP contribution >= 0.6 is 0 Å². The number of amides is 2. The van der Waals surface area contributed by atoms with Crippen LogP contribution in [0.1, 0.15) is 45.4 Å². The lowest BCUT2D eigenvalue weighted by atomic mass is 9.86. The van der Waals surface area contributed by atoms with Crippen LogP contribution in [0.5, 0.6) is 0 Å². The van der Waals surface area contributed by atoms with Gasteiger partial charge in [-0.15, -0.1) is 0 Å². The van der Waals surface area contributed by atoms with Crippen molar-refractivity contribution in [2.24, 2.45) is 11.7 Å². The summed E-state index contributed by atoms with van der Waals surface area (Å²) in [7, 11) is 0. The lowest BCUT2D eigenvalue weighted by Gasteiger charge is -2.26. The molecule has 1 rings (SSSR count). The molecule has 0 saturated heterocycles. The van der Waals surface area contributed by atoms with Crippen molar-refractivity contribution in [2.75, 3.05) is 13.1 Å². The largest absolute Gasteiger partial charge is 0.338 e. The molecule has 4 nitrogen and oxygen atoms in total. The summed E-state index contributed by atoms with van der Waals surface area (Å²) in [5, 5.41) is 5.78. The van der Waals surface area contributed by atoms with E-state index in [0.717, 1.165) is 38.8 Å². The van der Waals surface area contributed by atoms with E-state index in [4.69, 9.17) is 5.73 Å². The molecule has 2 amide bonds. The Morgan fingerprint density at radius 2 is 2.19 bits per heavy atom. The van der Waals surface area contributed by atoms with Gasteiger partial charge >= 0.3 is 6.03 Å². The second kappa shape index (κ2) is 7.49. The summed E-state index contributed by atoms with van der Waals surface area (Å²) in [6, 6.07) is 0.302. The summed E-state index contributed by atoms with van der Waals surface area (Å²) in [5.41, 5.74) is 5.90. The molecule has 94 valence electrons. The summed E-state index contributed by atoms with van der Waals surface area (Å²) in [4.78, 5) is 11.4. The molecular formula is C12H25N3O. The van der Waals surface area contributed by atoms with Crippen LogP contribution in [0.4, 0.5) is 4.79 Å². The van der Waals surface area contributed by atoms with Crippen molar-refractivity contribution in [1.29, 1.82) is 0 Å². The standard InChI is InChI=1S/C12H25N3O/c1-2-3-7-14-12(16)15-9-10-5-4-6-11(13)8-10/h10-11H,2-9,13H2,1H3,(H2,14,15,16). The zero-order valence-corrected chi connectivity index (χ0v) is 10.3. The van der Waals surface area contributed by atoms with E-state index >= 15 is 0 Å². The fraction of sp³-hybridized carbons (Fsp3) is 0.917. The lowest BCUT2D eigenvalue weighted by molar-refractivity contribution is 0.234. The predicted octanol–water partition coefficient (Wildman–Crippen LogP) is 1.60. The molecule has 1 aliphatic rings. The summed E-state index contributed by atoms with van der Waals surface area (Å²) < 4.78 is 0. The van der Waals surface area contributed by atoms with Gasteiger partial charge in [-0.25, -0.2) is 4.79 Å². The molecule has 0 bridgehead atoms. The van der Waals surface area contributed by atoms with Crippen LogP contribution in [-0.4, -0.2) is 25.2 Å². The molecule has 0 spiro atoms. The number of hydrogen-bond donors (Lipinski definition) is 3. The van der Waals surface area contributed by atoms with Crippen molar-refractivity contribution in [3.8, 4) is 0 Å². The van der Waals surface area contributed by atoms with Gasteiger partial charge in [0.25, 0.3) is 0 Å². The molecular weight excluding hydrogens is 202 g/mol. The maximum atomic E-state index is 11.4. The monoisotopic (exact) mass is 227 g/mol. The highest BCUT2D eigenvalue weighted by atomic mass is 16.2. The number of unbranched alkanes of at least 4 members (excludes halogenated alkanes) is 1. The maximum absolute atomic E-state index is 11.4. The second-order valence-corrected chi connectivity index (χ2v) is 4.78. The van der Waals surface area contributed by atoms with Gasteiger partial charge in [0, 0.05) is 19.1 Å². The molecule has 0 radical (unpaired) electrons. The van der Waals surface area contributed by atoms with Crippen LogP contribution < -0.4 is 16.4 Å². The first-order valence-electron chi connectivity index (χ1n) is 6.49. The SMILES string of the molecule is CCCCNC(=O)NCC1CCCC(N)C1. The van der Waals surface area contributed by atoms with Crippen LogP contribution in [0.25, 0.3) is 0 Å². The smallest absolute Gasteiger partial charge is 0.314 e. The van der Waals surface area contributed by atoms with Crippen molar-refractivity contribution in [3.05, 3.63) is 0 Å². The Morgan fingerprint density at radius 1 is 1.38 bits per heavy atom. The Labute approximate surface area is 98.3 Å². The topological polar surface area (TPSA) is 67.2 Å². The number of carbonyl (C=O) groups is 1. The average Bonchev–Trinajstić information content (AvgIpc) is 2.27. The fourth-order valence-electron chi connectivity index (χ4n) is 2.20. The number of nitrogens with one attached hydrogen (secondary N) is 2. The van der Waals surface area contributed by atoms with Crippen LogP contribution in [0.2, 0.25) is 0 Å². The van der Waals surface area contributed by atoms with Gasteiger partial charge in [0.1, 0.15) is 0 Å². The summed E-state index contributed by atoms with van der Waals surface area (Å²) in [5.74, 6) is 0.570. The molecule has 0 heterocycles. The van der Waals surface area contributed by atoms with Crippen molar-refractivity contribution in [1.82, 2.24) is 10.6 Å². The van der Waals surface area contributed by atoms with Crippen LogP contribution in [0.3, 0.4) is 0 Å². The Bertz CT molecular complexity index is 208. The summed E-state index contributed by atoms with van der Waals surface area (Å²) in [6.45, 7) is 3.65. The molecule has 2 atom stereocenters. The van der Waals surface area contributed by atoms with Crippen LogP contribution in [-0.2, 0) is 0 Å². The number of rotatable bonds is 5. The Morgan fingerprint density at radius 3 is 2.88 bits per heavy atom. The fourth-order valence-corrected chi connectivity index (χ4v) is 2.20. The van der Waals surface area contributed by atoms with Gasteiger partial charge in [0.15, 0.2) is 0 Å². The second-order valence-electron chi connectivity index (χ2n) is 4.78. The van der Waals surface area contributed by atoms with Gasteiger partial charge in [-0.05, 0) is 31.6 Å². The number of hydrogen-bond acceptors (Lipinski definition) is 2. The minimum Gasteiger partial charge on any atom is -0.338 e. The third-order valence-electron chi connectivity index (χ3n) is 3.19. The van der Waals surface area contributed by atoms with E-state index in [1.807, 2.05) is 0 Å². The average molecular weight is 227 g/mol. The van der Waals surface area contributed by atoms with Crippen molar-refractivity contribution >= 4 is 6.03 Å². The predicted molar refractivity (Wildman–Crippen MR) is 66.2 cm³/mol. The van der Waals surface area contributed by atoms with Gasteiger partial charge in [-0.1, -0.05) is 19.8 Å². The summed E-state index contributed by atoms with van der Waals surface area (Å²) in [6.07, 6.45) is 6.74. The molecule has 16 heavy (non-hydrogen) atoms. The van der Waals surface area contributed by atoms with Gasteiger partial charge in [0.2, 0.25) is 0 Å². The molecule has 4 N–H and O–H groups in total. The van der Waals surface area contributed by atoms with Crippen LogP contribution in [0, 0.1) is 5.92 Å². The van der Waals surface area contributed by atoms with Crippen LogP contribution in [0.15, 0.2) is 0 Å². The number of carbonyl (C=O) groups excluding carboxylic acids is 1. The van der Waals surface area contributed by atoms with E-state index in [-0.39, 0.29) is 6.03 Å². The van der Waals surface area contributed by atoms with Gasteiger partial charge in [0.05, 0.1) is 0 Å². The quantitative estimate of drug-likeness (QED) is 0.625. The molecule has 1 aliphatic carbocycles. The summed E-state index contributed by atoms with van der Waals surface area (Å²) >= 11 is 0. The molecule has 4 heteroatoms. The third-order valence-corrected chi connectivity index (χ3v) is 3.19. The molecule has 0 aliphatic heterocycles. The van der Waals surface area contributed by atoms with Crippen molar-refractivity contribution < 1.29 is 4.79 Å². The molecule has 1 fully saturated rings. The Hall–Kier alpha value is -0.770. The minimum absolute atomic E-state index is 0.0346. The van der Waals surface area contributed by atoms with E-state index in [0.29, 0.717) is 12.0 Å². The number of urea groups is 1. The first kappa shape index (κ1) is 13.3. The van der Waals surface area contributed by atoms with Crippen molar-refractivity contribution in [2.45, 2.75) is 51.5 Å². The maximum Gasteiger partial charge on any atom is 0.314 e. The highest BCUT2D eigenvalue weighted by molar-refractivity contribution is 5.73. The van der Waals surface area contributed by atoms with E-state index in [1.165, 1.54) is 12.8 Å². The Kier molecular flexibility index (Phi) is 6.23. The minimum atomic E-state index is -0.0346. The highest BCUT2D eigenvalue weighted by Gasteiger charge is 2.19. The van der Waals surface area contributed by atoms with E-state index < -0.39 is 0 Å². The molecule has 0 aromatic carbocycles. The van der Waals surface area contributed by atoms with Gasteiger partial charge in [-0.2, -0.15) is 0 Å². The molecule has 0 aromatic rings. The zero-order valence-electron chi connectivity index (χ0n) is 10.3. The number of nitrogens with two attached hydrogens (primary N) is 1. The zero-order chi connectivity index (χ0) is 11.8. The molecule has 1 saturated carbocycles. The normalized spacial score (nSPS) is 25.1. The molecule has 2 unspecified atom stereocenters. The van der Waals surface area contributed by atoms with E-state index in [9.17, 15) is 4.79 Å². The van der Waals surface area contributed by atoms with Gasteiger partial charge < -0.3 is 16.4 Å². The van der Waals surface area contributed by atoms with E-state index in [1.54, 1.807) is 0 Å². The first-order valence-corrected chi connectivity index (χ1v) is 6.49. The van der Waals surface area contributed by atoms with E-state index in [2.05, 4.69) is 17.6 Å². The molecule has 0 aromatic heterocycles. The van der Waals surface area contributed by atoms with Crippen molar-refractivity contribution in [3.63, 3.8) is 0 Å². The highest BCUT2D eigenvalue weighted by Crippen LogP contribution is 2.22. The lowest BCUT2D eigenvalue weighted by Crippen LogP contribution is -2.40. The first-order chi connectivity index (χ1) is 7.72. The third kappa shape index (κ3) is 5.35. The van der Waals surface area contributed by atoms with Gasteiger partial charge in [-0.3, -0.25) is 0 Å². The Balaban J connectivity index is 2.06.